The van der Waals surface area contributed by atoms with Crippen molar-refractivity contribution in [2.75, 3.05) is 18.0 Å². The van der Waals surface area contributed by atoms with Gasteiger partial charge in [-0.2, -0.15) is 5.10 Å². The number of anilines is 1. The molecular formula is C19H23N7OS. The maximum atomic E-state index is 12.5. The molecule has 1 N–H and O–H groups in total. The lowest BCUT2D eigenvalue weighted by Crippen LogP contribution is -2.40. The minimum Gasteiger partial charge on any atom is -0.355 e. The van der Waals surface area contributed by atoms with E-state index in [1.165, 1.54) is 0 Å². The van der Waals surface area contributed by atoms with E-state index in [1.807, 2.05) is 38.2 Å². The van der Waals surface area contributed by atoms with Crippen molar-refractivity contribution in [1.29, 1.82) is 0 Å². The second kappa shape index (κ2) is 8.05. The molecule has 0 aromatic carbocycles. The second-order valence-corrected chi connectivity index (χ2v) is 8.21. The number of rotatable bonds is 5. The molecule has 0 radical (unpaired) electrons. The largest absolute Gasteiger partial charge is 0.355 e. The number of carbonyl (C=O) groups excluding carboxylic acids is 1. The smallest absolute Gasteiger partial charge is 0.223 e. The van der Waals surface area contributed by atoms with Gasteiger partial charge in [0.05, 0.1) is 17.2 Å². The third kappa shape index (κ3) is 4.04. The first kappa shape index (κ1) is 18.5. The highest BCUT2D eigenvalue weighted by Gasteiger charge is 2.26. The molecule has 0 unspecified atom stereocenters. The van der Waals surface area contributed by atoms with Gasteiger partial charge in [0.25, 0.3) is 0 Å². The van der Waals surface area contributed by atoms with Crippen molar-refractivity contribution >= 4 is 23.1 Å². The number of nitrogens with zero attached hydrogens (tertiary/aromatic N) is 6. The van der Waals surface area contributed by atoms with E-state index in [0.717, 1.165) is 47.3 Å². The van der Waals surface area contributed by atoms with Gasteiger partial charge in [-0.15, -0.1) is 21.5 Å². The molecule has 28 heavy (non-hydrogen) atoms. The van der Waals surface area contributed by atoms with Gasteiger partial charge in [0.1, 0.15) is 0 Å². The van der Waals surface area contributed by atoms with E-state index in [1.54, 1.807) is 22.2 Å². The Morgan fingerprint density at radius 2 is 1.96 bits per heavy atom. The lowest BCUT2D eigenvalue weighted by molar-refractivity contribution is -0.125. The molecule has 0 aliphatic carbocycles. The zero-order valence-electron chi connectivity index (χ0n) is 16.0. The lowest BCUT2D eigenvalue weighted by Gasteiger charge is -2.31. The van der Waals surface area contributed by atoms with Gasteiger partial charge in [-0.1, -0.05) is 0 Å². The second-order valence-electron chi connectivity index (χ2n) is 6.92. The van der Waals surface area contributed by atoms with Crippen LogP contribution in [0, 0.1) is 19.8 Å². The summed E-state index contributed by atoms with van der Waals surface area (Å²) in [5.74, 6) is 1.70. The normalized spacial score (nSPS) is 15.0. The Morgan fingerprint density at radius 1 is 1.21 bits per heavy atom. The van der Waals surface area contributed by atoms with E-state index in [-0.39, 0.29) is 11.8 Å². The zero-order chi connectivity index (χ0) is 19.5. The Labute approximate surface area is 167 Å². The molecule has 3 aromatic rings. The predicted molar refractivity (Wildman–Crippen MR) is 108 cm³/mol. The van der Waals surface area contributed by atoms with Gasteiger partial charge in [0.15, 0.2) is 11.6 Å². The summed E-state index contributed by atoms with van der Waals surface area (Å²) in [5, 5.41) is 16.8. The fourth-order valence-corrected chi connectivity index (χ4v) is 4.31. The summed E-state index contributed by atoms with van der Waals surface area (Å²) in [7, 11) is 0. The minimum absolute atomic E-state index is 0.0434. The van der Waals surface area contributed by atoms with Crippen molar-refractivity contribution in [3.05, 3.63) is 46.2 Å². The summed E-state index contributed by atoms with van der Waals surface area (Å²) in [6, 6.07) is 5.72. The van der Waals surface area contributed by atoms with Crippen molar-refractivity contribution in [2.24, 2.45) is 5.92 Å². The number of hydrogen-bond acceptors (Lipinski definition) is 7. The molecule has 3 aromatic heterocycles. The highest BCUT2D eigenvalue weighted by Crippen LogP contribution is 2.23. The van der Waals surface area contributed by atoms with Crippen molar-refractivity contribution in [2.45, 2.75) is 33.2 Å². The third-order valence-corrected chi connectivity index (χ3v) is 6.06. The molecule has 146 valence electrons. The van der Waals surface area contributed by atoms with E-state index in [2.05, 4.69) is 30.5 Å². The summed E-state index contributed by atoms with van der Waals surface area (Å²) in [5.41, 5.74) is 1.01. The fraction of sp³-hybridized carbons (Fsp3) is 0.421. The van der Waals surface area contributed by atoms with Gasteiger partial charge < -0.3 is 10.2 Å². The number of aryl methyl sites for hydroxylation is 2. The van der Waals surface area contributed by atoms with Crippen LogP contribution in [-0.2, 0) is 11.3 Å². The summed E-state index contributed by atoms with van der Waals surface area (Å²) >= 11 is 1.65. The minimum atomic E-state index is 0.0434. The van der Waals surface area contributed by atoms with Gasteiger partial charge in [-0.05, 0) is 44.9 Å². The van der Waals surface area contributed by atoms with Crippen LogP contribution in [0.5, 0.6) is 0 Å². The maximum absolute atomic E-state index is 12.5. The number of nitrogens with one attached hydrogen (secondary N) is 1. The maximum Gasteiger partial charge on any atom is 0.223 e. The first-order valence-electron chi connectivity index (χ1n) is 9.39. The molecule has 0 saturated carbocycles. The number of carbonyl (C=O) groups is 1. The van der Waals surface area contributed by atoms with Crippen LogP contribution in [0.15, 0.2) is 30.6 Å². The Hall–Kier alpha value is -2.81. The molecule has 9 heteroatoms. The molecule has 1 fully saturated rings. The van der Waals surface area contributed by atoms with Crippen LogP contribution < -0.4 is 10.2 Å². The average Bonchev–Trinajstić information content (AvgIpc) is 3.36. The molecule has 4 heterocycles. The molecule has 8 nitrogen and oxygen atoms in total. The fourth-order valence-electron chi connectivity index (χ4n) is 3.43. The van der Waals surface area contributed by atoms with Gasteiger partial charge in [-0.25, -0.2) is 9.67 Å². The topological polar surface area (TPSA) is 88.8 Å². The molecule has 0 spiro atoms. The van der Waals surface area contributed by atoms with E-state index < -0.39 is 0 Å². The molecule has 1 amide bonds. The number of hydrogen-bond donors (Lipinski definition) is 1. The first-order valence-corrected chi connectivity index (χ1v) is 10.2. The molecule has 1 saturated heterocycles. The van der Waals surface area contributed by atoms with Crippen molar-refractivity contribution in [3.63, 3.8) is 0 Å². The third-order valence-electron chi connectivity index (χ3n) is 4.99. The van der Waals surface area contributed by atoms with Gasteiger partial charge in [0, 0.05) is 36.3 Å². The van der Waals surface area contributed by atoms with Crippen LogP contribution in [0.25, 0.3) is 5.82 Å². The van der Waals surface area contributed by atoms with E-state index in [0.29, 0.717) is 12.4 Å². The van der Waals surface area contributed by atoms with Crippen LogP contribution in [0.4, 0.5) is 5.82 Å². The molecule has 0 atom stereocenters. The number of thiazole rings is 1. The van der Waals surface area contributed by atoms with E-state index >= 15 is 0 Å². The van der Waals surface area contributed by atoms with E-state index in [4.69, 9.17) is 0 Å². The number of amides is 1. The van der Waals surface area contributed by atoms with Crippen LogP contribution in [0.3, 0.4) is 0 Å². The van der Waals surface area contributed by atoms with Crippen molar-refractivity contribution < 1.29 is 4.79 Å². The monoisotopic (exact) mass is 397 g/mol. The van der Waals surface area contributed by atoms with Gasteiger partial charge in [-0.3, -0.25) is 4.79 Å². The summed E-state index contributed by atoms with van der Waals surface area (Å²) in [4.78, 5) is 20.3. The van der Waals surface area contributed by atoms with Crippen molar-refractivity contribution in [1.82, 2.24) is 30.3 Å². The highest BCUT2D eigenvalue weighted by atomic mass is 32.1. The quantitative estimate of drug-likeness (QED) is 0.710. The number of piperidine rings is 1. The predicted octanol–water partition coefficient (Wildman–Crippen LogP) is 2.27. The molecule has 4 rings (SSSR count). The SMILES string of the molecule is Cc1nc(C)c(CNC(=O)C2CCN(c3ccc(-n4cccn4)nn3)CC2)s1. The highest BCUT2D eigenvalue weighted by molar-refractivity contribution is 7.11. The molecule has 1 aliphatic rings. The summed E-state index contributed by atoms with van der Waals surface area (Å²) in [6.45, 7) is 6.14. The van der Waals surface area contributed by atoms with Crippen molar-refractivity contribution in [3.8, 4) is 5.82 Å². The summed E-state index contributed by atoms with van der Waals surface area (Å²) in [6.07, 6.45) is 5.18. The Bertz CT molecular complexity index is 928. The first-order chi connectivity index (χ1) is 13.6. The standard InChI is InChI=1S/C19H23N7OS/c1-13-16(28-14(2)22-13)12-20-19(27)15-6-10-25(11-7-15)17-4-5-18(24-23-17)26-9-3-8-21-26/h3-5,8-9,15H,6-7,10-12H2,1-2H3,(H,20,27). The van der Waals surface area contributed by atoms with Crippen LogP contribution in [-0.4, -0.2) is 44.0 Å². The Balaban J connectivity index is 1.29. The Morgan fingerprint density at radius 3 is 2.57 bits per heavy atom. The van der Waals surface area contributed by atoms with E-state index in [9.17, 15) is 4.79 Å². The molecule has 0 bridgehead atoms. The van der Waals surface area contributed by atoms with Gasteiger partial charge >= 0.3 is 0 Å². The van der Waals surface area contributed by atoms with Crippen LogP contribution in [0.1, 0.15) is 28.4 Å². The van der Waals surface area contributed by atoms with Crippen LogP contribution >= 0.6 is 11.3 Å². The Kier molecular flexibility index (Phi) is 5.34. The zero-order valence-corrected chi connectivity index (χ0v) is 16.8. The van der Waals surface area contributed by atoms with Gasteiger partial charge in [0.2, 0.25) is 5.91 Å². The average molecular weight is 398 g/mol. The molecule has 1 aliphatic heterocycles. The van der Waals surface area contributed by atoms with Crippen LogP contribution in [0.2, 0.25) is 0 Å². The number of aromatic nitrogens is 5. The lowest BCUT2D eigenvalue weighted by atomic mass is 9.96. The molecular weight excluding hydrogens is 374 g/mol. The summed E-state index contributed by atoms with van der Waals surface area (Å²) < 4.78 is 1.68.